The molecule has 1 aliphatic carbocycles. The number of rotatable bonds is 1. The van der Waals surface area contributed by atoms with Crippen LogP contribution >= 0.6 is 11.6 Å². The lowest BCUT2D eigenvalue weighted by Crippen LogP contribution is -2.57. The average Bonchev–Trinajstić information content (AvgIpc) is 2.74. The summed E-state index contributed by atoms with van der Waals surface area (Å²) < 4.78 is 0. The molecule has 1 fully saturated rings. The van der Waals surface area contributed by atoms with Crippen LogP contribution in [-0.4, -0.2) is 29.7 Å². The van der Waals surface area contributed by atoms with Crippen LogP contribution in [0.1, 0.15) is 18.1 Å². The van der Waals surface area contributed by atoms with Crippen molar-refractivity contribution in [1.29, 1.82) is 0 Å². The molecule has 0 bridgehead atoms. The lowest BCUT2D eigenvalue weighted by molar-refractivity contribution is -0.129. The Morgan fingerprint density at radius 2 is 1.63 bits per heavy atom. The first kappa shape index (κ1) is 19.7. The predicted octanol–water partition coefficient (Wildman–Crippen LogP) is 4.17. The SMILES string of the molecule is CC1=C2C(C(=O)C=C1)C(=O)N(c1ccc(C#Cc3ccccc3)cc1Cl)C(=O)N2C. The summed E-state index contributed by atoms with van der Waals surface area (Å²) >= 11 is 6.42. The van der Waals surface area contributed by atoms with E-state index in [1.807, 2.05) is 30.3 Å². The smallest absolute Gasteiger partial charge is 0.299 e. The Morgan fingerprint density at radius 3 is 2.33 bits per heavy atom. The molecule has 6 heteroatoms. The third kappa shape index (κ3) is 3.32. The first-order valence-corrected chi connectivity index (χ1v) is 9.67. The van der Waals surface area contributed by atoms with Gasteiger partial charge < -0.3 is 0 Å². The Kier molecular flexibility index (Phi) is 5.03. The topological polar surface area (TPSA) is 57.7 Å². The summed E-state index contributed by atoms with van der Waals surface area (Å²) in [7, 11) is 1.55. The molecule has 1 heterocycles. The zero-order valence-electron chi connectivity index (χ0n) is 16.3. The van der Waals surface area contributed by atoms with Crippen molar-refractivity contribution in [3.05, 3.63) is 88.1 Å². The van der Waals surface area contributed by atoms with Crippen molar-refractivity contribution in [3.8, 4) is 11.8 Å². The molecule has 5 nitrogen and oxygen atoms in total. The lowest BCUT2D eigenvalue weighted by atomic mass is 9.87. The number of carbonyl (C=O) groups excluding carboxylic acids is 3. The van der Waals surface area contributed by atoms with E-state index in [2.05, 4.69) is 11.8 Å². The van der Waals surface area contributed by atoms with E-state index in [4.69, 9.17) is 11.6 Å². The lowest BCUT2D eigenvalue weighted by Gasteiger charge is -2.39. The molecule has 1 unspecified atom stereocenters. The molecule has 2 aromatic rings. The van der Waals surface area contributed by atoms with Crippen molar-refractivity contribution < 1.29 is 14.4 Å². The van der Waals surface area contributed by atoms with Crippen LogP contribution in [0, 0.1) is 17.8 Å². The van der Waals surface area contributed by atoms with E-state index in [9.17, 15) is 14.4 Å². The van der Waals surface area contributed by atoms with Gasteiger partial charge >= 0.3 is 6.03 Å². The molecule has 2 aliphatic rings. The third-order valence-corrected chi connectivity index (χ3v) is 5.38. The maximum absolute atomic E-state index is 13.1. The number of halogens is 1. The predicted molar refractivity (Wildman–Crippen MR) is 115 cm³/mol. The molecule has 3 amide bonds. The first-order valence-electron chi connectivity index (χ1n) is 9.29. The summed E-state index contributed by atoms with van der Waals surface area (Å²) in [6.45, 7) is 1.77. The van der Waals surface area contributed by atoms with E-state index in [0.717, 1.165) is 10.5 Å². The molecular weight excluding hydrogens is 400 g/mol. The summed E-state index contributed by atoms with van der Waals surface area (Å²) in [4.78, 5) is 40.8. The van der Waals surface area contributed by atoms with E-state index in [1.54, 1.807) is 38.2 Å². The van der Waals surface area contributed by atoms with E-state index in [0.29, 0.717) is 16.8 Å². The molecule has 4 rings (SSSR count). The zero-order chi connectivity index (χ0) is 21.4. The number of amides is 3. The van der Waals surface area contributed by atoms with Gasteiger partial charge in [-0.3, -0.25) is 14.5 Å². The van der Waals surface area contributed by atoms with Gasteiger partial charge in [0, 0.05) is 23.9 Å². The second-order valence-corrected chi connectivity index (χ2v) is 7.44. The number of nitrogens with zero attached hydrogens (tertiary/aromatic N) is 2. The van der Waals surface area contributed by atoms with Crippen LogP contribution in [0.15, 0.2) is 72.0 Å². The fraction of sp³-hybridized carbons (Fsp3) is 0.125. The summed E-state index contributed by atoms with van der Waals surface area (Å²) in [5.41, 5.74) is 2.85. The van der Waals surface area contributed by atoms with Gasteiger partial charge in [0.25, 0.3) is 5.91 Å². The van der Waals surface area contributed by atoms with Crippen LogP contribution in [0.4, 0.5) is 10.5 Å². The minimum atomic E-state index is -1.05. The average molecular weight is 417 g/mol. The minimum absolute atomic E-state index is 0.202. The summed E-state index contributed by atoms with van der Waals surface area (Å²) in [5, 5.41) is 0.202. The monoisotopic (exact) mass is 416 g/mol. The maximum atomic E-state index is 13.1. The number of hydrogen-bond donors (Lipinski definition) is 0. The van der Waals surface area contributed by atoms with Gasteiger partial charge in [-0.1, -0.05) is 47.7 Å². The number of hydrogen-bond acceptors (Lipinski definition) is 3. The Hall–Kier alpha value is -3.62. The summed E-state index contributed by atoms with van der Waals surface area (Å²) in [5.74, 6) is 4.04. The van der Waals surface area contributed by atoms with Crippen LogP contribution in [-0.2, 0) is 9.59 Å². The highest BCUT2D eigenvalue weighted by molar-refractivity contribution is 6.36. The van der Waals surface area contributed by atoms with Crippen molar-refractivity contribution >= 4 is 35.0 Å². The molecular formula is C24H17ClN2O3. The summed E-state index contributed by atoms with van der Waals surface area (Å²) in [6.07, 6.45) is 2.99. The Labute approximate surface area is 179 Å². The summed E-state index contributed by atoms with van der Waals surface area (Å²) in [6, 6.07) is 13.8. The van der Waals surface area contributed by atoms with Gasteiger partial charge in [-0.2, -0.15) is 0 Å². The quantitative estimate of drug-likeness (QED) is 0.518. The highest BCUT2D eigenvalue weighted by atomic mass is 35.5. The van der Waals surface area contributed by atoms with E-state index < -0.39 is 17.9 Å². The van der Waals surface area contributed by atoms with Crippen LogP contribution in [0.25, 0.3) is 0 Å². The number of benzene rings is 2. The number of allylic oxidation sites excluding steroid dienone is 3. The molecule has 1 atom stereocenters. The molecule has 0 saturated carbocycles. The van der Waals surface area contributed by atoms with Crippen molar-refractivity contribution in [2.75, 3.05) is 11.9 Å². The van der Waals surface area contributed by atoms with E-state index in [1.165, 1.54) is 11.0 Å². The molecule has 0 radical (unpaired) electrons. The highest BCUT2D eigenvalue weighted by Gasteiger charge is 2.47. The van der Waals surface area contributed by atoms with Crippen LogP contribution in [0.3, 0.4) is 0 Å². The van der Waals surface area contributed by atoms with Crippen molar-refractivity contribution in [2.45, 2.75) is 6.92 Å². The molecule has 2 aromatic carbocycles. The van der Waals surface area contributed by atoms with Crippen LogP contribution in [0.2, 0.25) is 5.02 Å². The normalized spacial score (nSPS) is 18.4. The fourth-order valence-electron chi connectivity index (χ4n) is 3.58. The minimum Gasteiger partial charge on any atom is -0.299 e. The van der Waals surface area contributed by atoms with Crippen molar-refractivity contribution in [2.24, 2.45) is 5.92 Å². The molecule has 0 spiro atoms. The Morgan fingerprint density at radius 1 is 0.933 bits per heavy atom. The number of imide groups is 1. The highest BCUT2D eigenvalue weighted by Crippen LogP contribution is 2.37. The van der Waals surface area contributed by atoms with Gasteiger partial charge in [0.15, 0.2) is 5.78 Å². The van der Waals surface area contributed by atoms with Crippen molar-refractivity contribution in [3.63, 3.8) is 0 Å². The second-order valence-electron chi connectivity index (χ2n) is 7.03. The van der Waals surface area contributed by atoms with Crippen LogP contribution in [0.5, 0.6) is 0 Å². The first-order chi connectivity index (χ1) is 14.4. The molecule has 0 N–H and O–H groups in total. The number of carbonyl (C=O) groups is 3. The van der Waals surface area contributed by atoms with Gasteiger partial charge in [0.1, 0.15) is 5.92 Å². The van der Waals surface area contributed by atoms with Crippen LogP contribution < -0.4 is 4.90 Å². The third-order valence-electron chi connectivity index (χ3n) is 5.08. The Balaban J connectivity index is 1.70. The zero-order valence-corrected chi connectivity index (χ0v) is 17.1. The van der Waals surface area contributed by atoms with Gasteiger partial charge in [0.05, 0.1) is 10.7 Å². The van der Waals surface area contributed by atoms with E-state index in [-0.39, 0.29) is 16.5 Å². The van der Waals surface area contributed by atoms with Crippen molar-refractivity contribution in [1.82, 2.24) is 4.90 Å². The number of anilines is 1. The second kappa shape index (κ2) is 7.66. The van der Waals surface area contributed by atoms with Gasteiger partial charge in [0.2, 0.25) is 0 Å². The molecule has 148 valence electrons. The molecule has 30 heavy (non-hydrogen) atoms. The Bertz CT molecular complexity index is 1200. The fourth-order valence-corrected chi connectivity index (χ4v) is 3.84. The number of ketones is 1. The molecule has 1 aliphatic heterocycles. The standard InChI is InChI=1S/C24H17ClN2O3/c1-15-8-13-20(28)21-22(15)26(2)24(30)27(23(21)29)19-12-11-17(14-18(19)25)10-9-16-6-4-3-5-7-16/h3-8,11-14,21H,1-2H3. The van der Waals surface area contributed by atoms with Gasteiger partial charge in [-0.05, 0) is 48.9 Å². The molecule has 0 aromatic heterocycles. The van der Waals surface area contributed by atoms with E-state index >= 15 is 0 Å². The maximum Gasteiger partial charge on any atom is 0.335 e. The number of fused-ring (bicyclic) bond motifs is 1. The van der Waals surface area contributed by atoms with Gasteiger partial charge in [-0.25, -0.2) is 9.69 Å². The largest absolute Gasteiger partial charge is 0.335 e. The number of urea groups is 1. The van der Waals surface area contributed by atoms with Gasteiger partial charge in [-0.15, -0.1) is 0 Å². The molecule has 1 saturated heterocycles.